The van der Waals surface area contributed by atoms with Gasteiger partial charge in [0, 0.05) is 12.1 Å². The van der Waals surface area contributed by atoms with Crippen LogP contribution in [0.4, 0.5) is 19.0 Å². The summed E-state index contributed by atoms with van der Waals surface area (Å²) in [6.45, 7) is 2.16. The average Bonchev–Trinajstić information content (AvgIpc) is 2.39. The van der Waals surface area contributed by atoms with Gasteiger partial charge in [-0.25, -0.2) is 4.98 Å². The van der Waals surface area contributed by atoms with Gasteiger partial charge in [0.25, 0.3) is 0 Å². The molecule has 0 saturated heterocycles. The van der Waals surface area contributed by atoms with E-state index < -0.39 is 11.7 Å². The molecule has 1 saturated carbocycles. The van der Waals surface area contributed by atoms with Crippen LogP contribution in [0.5, 0.6) is 0 Å². The molecule has 20 heavy (non-hydrogen) atoms. The molecule has 110 valence electrons. The summed E-state index contributed by atoms with van der Waals surface area (Å²) in [6, 6.07) is 2.11. The topological polar surface area (TPSA) is 42.0 Å². The van der Waals surface area contributed by atoms with E-state index in [0.717, 1.165) is 37.9 Å². The van der Waals surface area contributed by atoms with E-state index in [2.05, 4.69) is 17.2 Å². The van der Waals surface area contributed by atoms with Gasteiger partial charge in [0.15, 0.2) is 0 Å². The maximum Gasteiger partial charge on any atom is 0.417 e. The number of hydrogen-bond donors (Lipinski definition) is 1. The third-order valence-electron chi connectivity index (χ3n) is 3.73. The highest BCUT2D eigenvalue weighted by Crippen LogP contribution is 2.30. The molecule has 0 aliphatic heterocycles. The number of amides is 1. The van der Waals surface area contributed by atoms with E-state index in [1.165, 1.54) is 6.07 Å². The summed E-state index contributed by atoms with van der Waals surface area (Å²) in [4.78, 5) is 15.6. The van der Waals surface area contributed by atoms with Gasteiger partial charge in [0.2, 0.25) is 5.91 Å². The first-order valence-corrected chi connectivity index (χ1v) is 6.70. The van der Waals surface area contributed by atoms with Crippen LogP contribution in [-0.2, 0) is 11.0 Å². The molecule has 2 rings (SSSR count). The van der Waals surface area contributed by atoms with Gasteiger partial charge in [-0.15, -0.1) is 0 Å². The molecule has 1 aromatic heterocycles. The summed E-state index contributed by atoms with van der Waals surface area (Å²) in [5.74, 6) is 0.601. The summed E-state index contributed by atoms with van der Waals surface area (Å²) in [6.07, 6.45) is 0.00588. The predicted octanol–water partition coefficient (Wildman–Crippen LogP) is 3.87. The number of nitrogens with one attached hydrogen (secondary N) is 1. The average molecular weight is 286 g/mol. The minimum absolute atomic E-state index is 0.0599. The van der Waals surface area contributed by atoms with Crippen LogP contribution in [-0.4, -0.2) is 10.9 Å². The van der Waals surface area contributed by atoms with Crippen molar-refractivity contribution in [3.8, 4) is 0 Å². The molecule has 1 N–H and O–H groups in total. The second-order valence-corrected chi connectivity index (χ2v) is 5.38. The molecule has 1 aromatic rings. The molecule has 1 aliphatic rings. The number of hydrogen-bond acceptors (Lipinski definition) is 2. The van der Waals surface area contributed by atoms with Gasteiger partial charge in [0.05, 0.1) is 5.56 Å². The third-order valence-corrected chi connectivity index (χ3v) is 3.73. The van der Waals surface area contributed by atoms with E-state index in [4.69, 9.17) is 0 Å². The van der Waals surface area contributed by atoms with E-state index in [9.17, 15) is 18.0 Å². The fraction of sp³-hybridized carbons (Fsp3) is 0.571. The first kappa shape index (κ1) is 14.8. The lowest BCUT2D eigenvalue weighted by Gasteiger charge is -2.25. The Morgan fingerprint density at radius 2 is 1.90 bits per heavy atom. The van der Waals surface area contributed by atoms with Crippen molar-refractivity contribution in [2.75, 3.05) is 5.32 Å². The van der Waals surface area contributed by atoms with Gasteiger partial charge >= 0.3 is 6.18 Å². The van der Waals surface area contributed by atoms with Crippen LogP contribution in [0.2, 0.25) is 0 Å². The molecule has 6 heteroatoms. The van der Waals surface area contributed by atoms with Crippen LogP contribution < -0.4 is 5.32 Å². The van der Waals surface area contributed by atoms with Crippen molar-refractivity contribution in [2.24, 2.45) is 11.8 Å². The minimum atomic E-state index is -4.41. The van der Waals surface area contributed by atoms with E-state index in [1.807, 2.05) is 0 Å². The van der Waals surface area contributed by atoms with Crippen molar-refractivity contribution in [3.05, 3.63) is 23.9 Å². The smallest absolute Gasteiger partial charge is 0.310 e. The van der Waals surface area contributed by atoms with Gasteiger partial charge in [-0.2, -0.15) is 13.2 Å². The Labute approximate surface area is 115 Å². The summed E-state index contributed by atoms with van der Waals surface area (Å²) >= 11 is 0. The Balaban J connectivity index is 1.94. The molecule has 1 heterocycles. The molecule has 0 radical (unpaired) electrons. The Kier molecular flexibility index (Phi) is 4.30. The number of halogens is 3. The first-order valence-electron chi connectivity index (χ1n) is 6.70. The van der Waals surface area contributed by atoms with Crippen molar-refractivity contribution in [2.45, 2.75) is 38.8 Å². The molecule has 1 aliphatic carbocycles. The Morgan fingerprint density at radius 1 is 1.25 bits per heavy atom. The monoisotopic (exact) mass is 286 g/mol. The van der Waals surface area contributed by atoms with Crippen LogP contribution in [0, 0.1) is 11.8 Å². The van der Waals surface area contributed by atoms with Crippen LogP contribution >= 0.6 is 0 Å². The standard InChI is InChI=1S/C14H17F3N2O/c1-9-2-4-10(5-3-9)13(20)19-12-7-6-11(8-18-12)14(15,16)17/h6-10H,2-5H2,1H3,(H,18,19,20). The highest BCUT2D eigenvalue weighted by atomic mass is 19.4. The fourth-order valence-corrected chi connectivity index (χ4v) is 2.39. The number of pyridine rings is 1. The highest BCUT2D eigenvalue weighted by molar-refractivity contribution is 5.91. The fourth-order valence-electron chi connectivity index (χ4n) is 2.39. The van der Waals surface area contributed by atoms with Gasteiger partial charge in [-0.1, -0.05) is 6.92 Å². The van der Waals surface area contributed by atoms with Gasteiger partial charge in [0.1, 0.15) is 5.82 Å². The Bertz CT molecular complexity index is 462. The van der Waals surface area contributed by atoms with E-state index in [0.29, 0.717) is 5.92 Å². The van der Waals surface area contributed by atoms with Crippen LogP contribution in [0.25, 0.3) is 0 Å². The highest BCUT2D eigenvalue weighted by Gasteiger charge is 2.31. The van der Waals surface area contributed by atoms with Crippen molar-refractivity contribution in [1.29, 1.82) is 0 Å². The van der Waals surface area contributed by atoms with Crippen molar-refractivity contribution in [1.82, 2.24) is 4.98 Å². The zero-order valence-electron chi connectivity index (χ0n) is 11.2. The van der Waals surface area contributed by atoms with Crippen LogP contribution in [0.3, 0.4) is 0 Å². The molecule has 0 atom stereocenters. The molecule has 3 nitrogen and oxygen atoms in total. The zero-order chi connectivity index (χ0) is 14.8. The lowest BCUT2D eigenvalue weighted by molar-refractivity contribution is -0.137. The SMILES string of the molecule is CC1CCC(C(=O)Nc2ccc(C(F)(F)F)cn2)CC1. The summed E-state index contributed by atoms with van der Waals surface area (Å²) in [7, 11) is 0. The molecule has 0 spiro atoms. The normalized spacial score (nSPS) is 23.4. The van der Waals surface area contributed by atoms with Crippen LogP contribution in [0.15, 0.2) is 18.3 Å². The Morgan fingerprint density at radius 3 is 2.40 bits per heavy atom. The summed E-state index contributed by atoms with van der Waals surface area (Å²) in [5.41, 5.74) is -0.818. The number of carbonyl (C=O) groups excluding carboxylic acids is 1. The molecule has 0 aromatic carbocycles. The maximum atomic E-state index is 12.4. The van der Waals surface area contributed by atoms with Crippen molar-refractivity contribution >= 4 is 11.7 Å². The number of rotatable bonds is 2. The predicted molar refractivity (Wildman–Crippen MR) is 69.0 cm³/mol. The van der Waals surface area contributed by atoms with Crippen molar-refractivity contribution in [3.63, 3.8) is 0 Å². The largest absolute Gasteiger partial charge is 0.417 e. The number of alkyl halides is 3. The van der Waals surface area contributed by atoms with Gasteiger partial charge in [-0.05, 0) is 43.7 Å². The van der Waals surface area contributed by atoms with E-state index in [1.54, 1.807) is 0 Å². The van der Waals surface area contributed by atoms with Crippen molar-refractivity contribution < 1.29 is 18.0 Å². The second kappa shape index (κ2) is 5.81. The number of nitrogens with zero attached hydrogens (tertiary/aromatic N) is 1. The van der Waals surface area contributed by atoms with Crippen LogP contribution in [0.1, 0.15) is 38.2 Å². The lowest BCUT2D eigenvalue weighted by atomic mass is 9.82. The summed E-state index contributed by atoms with van der Waals surface area (Å²) < 4.78 is 37.1. The first-order chi connectivity index (χ1) is 9.36. The molecular weight excluding hydrogens is 269 g/mol. The number of aromatic nitrogens is 1. The maximum absolute atomic E-state index is 12.4. The molecule has 1 amide bonds. The Hall–Kier alpha value is -1.59. The van der Waals surface area contributed by atoms with E-state index >= 15 is 0 Å². The number of carbonyl (C=O) groups is 1. The third kappa shape index (κ3) is 3.71. The molecule has 1 fully saturated rings. The molecular formula is C14H17F3N2O. The van der Waals surface area contributed by atoms with E-state index in [-0.39, 0.29) is 17.6 Å². The van der Waals surface area contributed by atoms with Gasteiger partial charge < -0.3 is 5.32 Å². The zero-order valence-corrected chi connectivity index (χ0v) is 11.2. The van der Waals surface area contributed by atoms with Gasteiger partial charge in [-0.3, -0.25) is 4.79 Å². The number of anilines is 1. The summed E-state index contributed by atoms with van der Waals surface area (Å²) in [5, 5.41) is 2.59. The molecule has 0 bridgehead atoms. The quantitative estimate of drug-likeness (QED) is 0.896. The molecule has 0 unspecified atom stereocenters. The lowest BCUT2D eigenvalue weighted by Crippen LogP contribution is -2.27. The second-order valence-electron chi connectivity index (χ2n) is 5.38. The minimum Gasteiger partial charge on any atom is -0.310 e.